The predicted octanol–water partition coefficient (Wildman–Crippen LogP) is 5.83. The van der Waals surface area contributed by atoms with Crippen LogP contribution in [-0.2, 0) is 18.6 Å². The molecule has 0 spiro atoms. The van der Waals surface area contributed by atoms with Crippen LogP contribution in [0.3, 0.4) is 0 Å². The number of piperazine rings is 1. The first-order chi connectivity index (χ1) is 16.3. The summed E-state index contributed by atoms with van der Waals surface area (Å²) in [7, 11) is 0. The third-order valence-electron chi connectivity index (χ3n) is 6.45. The lowest BCUT2D eigenvalue weighted by Crippen LogP contribution is -2.48. The molecule has 0 saturated carbocycles. The minimum absolute atomic E-state index is 0.103. The predicted molar refractivity (Wildman–Crippen MR) is 138 cm³/mol. The normalized spacial score (nSPS) is 14.8. The minimum atomic E-state index is 0.103. The average Bonchev–Trinajstić information content (AvgIpc) is 2.83. The van der Waals surface area contributed by atoms with Crippen molar-refractivity contribution in [2.24, 2.45) is 0 Å². The zero-order valence-corrected chi connectivity index (χ0v) is 20.9. The molecule has 0 unspecified atom stereocenters. The first kappa shape index (κ1) is 24.0. The lowest BCUT2D eigenvalue weighted by atomic mass is 9.87. The van der Waals surface area contributed by atoms with Crippen LogP contribution in [0.4, 0.5) is 0 Å². The molecule has 1 saturated heterocycles. The van der Waals surface area contributed by atoms with E-state index in [4.69, 9.17) is 4.74 Å². The summed E-state index contributed by atoms with van der Waals surface area (Å²) in [4.78, 5) is 17.5. The van der Waals surface area contributed by atoms with Gasteiger partial charge in [0.15, 0.2) is 0 Å². The highest BCUT2D eigenvalue weighted by Crippen LogP contribution is 2.24. The summed E-state index contributed by atoms with van der Waals surface area (Å²) in [5.74, 6) is 0.945. The van der Waals surface area contributed by atoms with E-state index in [1.807, 2.05) is 41.3 Å². The van der Waals surface area contributed by atoms with Gasteiger partial charge in [-0.05, 0) is 53.3 Å². The fourth-order valence-electron chi connectivity index (χ4n) is 4.37. The van der Waals surface area contributed by atoms with Gasteiger partial charge < -0.3 is 9.64 Å². The fourth-order valence-corrected chi connectivity index (χ4v) is 4.37. The number of hydrogen-bond donors (Lipinski definition) is 0. The van der Waals surface area contributed by atoms with Gasteiger partial charge >= 0.3 is 0 Å². The van der Waals surface area contributed by atoms with Crippen molar-refractivity contribution in [1.29, 1.82) is 0 Å². The Balaban J connectivity index is 1.30. The molecule has 0 aliphatic carbocycles. The lowest BCUT2D eigenvalue weighted by molar-refractivity contribution is 0.0628. The maximum Gasteiger partial charge on any atom is 0.253 e. The van der Waals surface area contributed by atoms with Crippen molar-refractivity contribution >= 4 is 5.91 Å². The molecule has 1 heterocycles. The van der Waals surface area contributed by atoms with Crippen LogP contribution >= 0.6 is 0 Å². The van der Waals surface area contributed by atoms with E-state index in [9.17, 15) is 4.79 Å². The largest absolute Gasteiger partial charge is 0.489 e. The second-order valence-corrected chi connectivity index (χ2v) is 10.3. The zero-order chi connectivity index (χ0) is 24.1. The first-order valence-electron chi connectivity index (χ1n) is 12.2. The SMILES string of the molecule is Cc1cccc(CN2CCN(C(=O)c3cccc(COc4ccc(C(C)(C)C)cc4)c3)CC2)c1. The van der Waals surface area contributed by atoms with Gasteiger partial charge in [0.1, 0.15) is 12.4 Å². The van der Waals surface area contributed by atoms with Crippen LogP contribution < -0.4 is 4.74 Å². The number of carbonyl (C=O) groups excluding carboxylic acids is 1. The van der Waals surface area contributed by atoms with E-state index in [0.29, 0.717) is 6.61 Å². The van der Waals surface area contributed by atoms with Crippen molar-refractivity contribution in [2.45, 2.75) is 46.3 Å². The van der Waals surface area contributed by atoms with Crippen LogP contribution in [0.5, 0.6) is 5.75 Å². The second kappa shape index (κ2) is 10.4. The Morgan fingerprint density at radius 1 is 0.853 bits per heavy atom. The molecular formula is C30H36N2O2. The number of ether oxygens (including phenoxy) is 1. The number of carbonyl (C=O) groups is 1. The maximum absolute atomic E-state index is 13.1. The summed E-state index contributed by atoms with van der Waals surface area (Å²) in [6.07, 6.45) is 0. The third kappa shape index (κ3) is 6.27. The van der Waals surface area contributed by atoms with Gasteiger partial charge in [-0.25, -0.2) is 0 Å². The molecule has 34 heavy (non-hydrogen) atoms. The van der Waals surface area contributed by atoms with Crippen LogP contribution in [0.2, 0.25) is 0 Å². The number of benzene rings is 3. The Morgan fingerprint density at radius 3 is 2.21 bits per heavy atom. The van der Waals surface area contributed by atoms with Gasteiger partial charge in [0.25, 0.3) is 5.91 Å². The summed E-state index contributed by atoms with van der Waals surface area (Å²) in [5, 5.41) is 0. The highest BCUT2D eigenvalue weighted by Gasteiger charge is 2.22. The van der Waals surface area contributed by atoms with Gasteiger partial charge in [0, 0.05) is 38.3 Å². The monoisotopic (exact) mass is 456 g/mol. The lowest BCUT2D eigenvalue weighted by Gasteiger charge is -2.35. The van der Waals surface area contributed by atoms with Crippen molar-refractivity contribution in [3.05, 3.63) is 101 Å². The molecule has 4 heteroatoms. The number of hydrogen-bond acceptors (Lipinski definition) is 3. The van der Waals surface area contributed by atoms with Gasteiger partial charge in [0.05, 0.1) is 0 Å². The van der Waals surface area contributed by atoms with Gasteiger partial charge in [-0.15, -0.1) is 0 Å². The number of amides is 1. The van der Waals surface area contributed by atoms with Crippen LogP contribution in [0.15, 0.2) is 72.8 Å². The Kier molecular flexibility index (Phi) is 7.38. The quantitative estimate of drug-likeness (QED) is 0.468. The summed E-state index contributed by atoms with van der Waals surface area (Å²) in [5.41, 5.74) is 5.77. The molecule has 0 aromatic heterocycles. The topological polar surface area (TPSA) is 32.8 Å². The van der Waals surface area contributed by atoms with Crippen LogP contribution in [-0.4, -0.2) is 41.9 Å². The van der Waals surface area contributed by atoms with Crippen LogP contribution in [0, 0.1) is 6.92 Å². The van der Waals surface area contributed by atoms with Crippen molar-refractivity contribution < 1.29 is 9.53 Å². The van der Waals surface area contributed by atoms with Crippen molar-refractivity contribution in [2.75, 3.05) is 26.2 Å². The molecule has 1 aliphatic rings. The molecule has 0 N–H and O–H groups in total. The van der Waals surface area contributed by atoms with E-state index in [-0.39, 0.29) is 11.3 Å². The van der Waals surface area contributed by atoms with Gasteiger partial charge in [-0.1, -0.05) is 74.9 Å². The fraction of sp³-hybridized carbons (Fsp3) is 0.367. The van der Waals surface area contributed by atoms with E-state index in [1.165, 1.54) is 16.7 Å². The zero-order valence-electron chi connectivity index (χ0n) is 20.9. The van der Waals surface area contributed by atoms with E-state index >= 15 is 0 Å². The third-order valence-corrected chi connectivity index (χ3v) is 6.45. The molecule has 0 atom stereocenters. The molecule has 4 nitrogen and oxygen atoms in total. The average molecular weight is 457 g/mol. The van der Waals surface area contributed by atoms with Crippen LogP contribution in [0.25, 0.3) is 0 Å². The molecule has 1 aliphatic heterocycles. The minimum Gasteiger partial charge on any atom is -0.489 e. The number of nitrogens with zero attached hydrogens (tertiary/aromatic N) is 2. The van der Waals surface area contributed by atoms with E-state index < -0.39 is 0 Å². The van der Waals surface area contributed by atoms with Crippen LogP contribution in [0.1, 0.15) is 53.4 Å². The summed E-state index contributed by atoms with van der Waals surface area (Å²) < 4.78 is 5.99. The Hall–Kier alpha value is -3.11. The summed E-state index contributed by atoms with van der Waals surface area (Å²) >= 11 is 0. The van der Waals surface area contributed by atoms with Crippen molar-refractivity contribution in [3.63, 3.8) is 0 Å². The number of rotatable bonds is 6. The van der Waals surface area contributed by atoms with Gasteiger partial charge in [0.2, 0.25) is 0 Å². The molecule has 1 amide bonds. The Labute approximate surface area is 204 Å². The molecule has 0 radical (unpaired) electrons. The number of aryl methyl sites for hydroxylation is 1. The highest BCUT2D eigenvalue weighted by atomic mass is 16.5. The molecule has 4 rings (SSSR count). The van der Waals surface area contributed by atoms with Crippen molar-refractivity contribution in [3.8, 4) is 5.75 Å². The standard InChI is InChI=1S/C30H36N2O2/c1-23-7-5-8-24(19-23)21-31-15-17-32(18-16-31)29(33)26-10-6-9-25(20-26)22-34-28-13-11-27(12-14-28)30(2,3)4/h5-14,19-20H,15-18,21-22H2,1-4H3. The van der Waals surface area contributed by atoms with Gasteiger partial charge in [-0.3, -0.25) is 9.69 Å². The smallest absolute Gasteiger partial charge is 0.253 e. The molecule has 0 bridgehead atoms. The molecule has 178 valence electrons. The van der Waals surface area contributed by atoms with E-state index in [2.05, 4.69) is 69.0 Å². The van der Waals surface area contributed by atoms with E-state index in [0.717, 1.165) is 49.6 Å². The maximum atomic E-state index is 13.1. The molecule has 1 fully saturated rings. The van der Waals surface area contributed by atoms with E-state index in [1.54, 1.807) is 0 Å². The molecule has 3 aromatic rings. The second-order valence-electron chi connectivity index (χ2n) is 10.3. The Morgan fingerprint density at radius 2 is 1.53 bits per heavy atom. The molecule has 3 aromatic carbocycles. The van der Waals surface area contributed by atoms with Gasteiger partial charge in [-0.2, -0.15) is 0 Å². The van der Waals surface area contributed by atoms with Crippen molar-refractivity contribution in [1.82, 2.24) is 9.80 Å². The summed E-state index contributed by atoms with van der Waals surface area (Å²) in [6, 6.07) is 24.8. The highest BCUT2D eigenvalue weighted by molar-refractivity contribution is 5.94. The first-order valence-corrected chi connectivity index (χ1v) is 12.2. The molecular weight excluding hydrogens is 420 g/mol. The summed E-state index contributed by atoms with van der Waals surface area (Å²) in [6.45, 7) is 13.4. The Bertz CT molecular complexity index is 1110.